The molecule has 0 saturated carbocycles. The summed E-state index contributed by atoms with van der Waals surface area (Å²) in [7, 11) is 5.80. The summed E-state index contributed by atoms with van der Waals surface area (Å²) in [5.41, 5.74) is 4.23. The summed E-state index contributed by atoms with van der Waals surface area (Å²) in [6.07, 6.45) is 0. The topological polar surface area (TPSA) is 50.5 Å². The van der Waals surface area contributed by atoms with Gasteiger partial charge in [-0.3, -0.25) is 0 Å². The molecule has 114 valence electrons. The maximum absolute atomic E-state index is 5.42. The van der Waals surface area contributed by atoms with E-state index in [1.54, 1.807) is 7.11 Å². The Morgan fingerprint density at radius 1 is 1.29 bits per heavy atom. The molecular weight excluding hydrogens is 266 g/mol. The van der Waals surface area contributed by atoms with Gasteiger partial charge < -0.3 is 19.5 Å². The van der Waals surface area contributed by atoms with Crippen molar-refractivity contribution in [1.82, 2.24) is 10.1 Å². The monoisotopic (exact) mass is 289 g/mol. The second kappa shape index (κ2) is 6.63. The van der Waals surface area contributed by atoms with Gasteiger partial charge >= 0.3 is 0 Å². The van der Waals surface area contributed by atoms with Gasteiger partial charge in [0.2, 0.25) is 0 Å². The quantitative estimate of drug-likeness (QED) is 0.886. The van der Waals surface area contributed by atoms with Crippen LogP contribution in [0.1, 0.15) is 22.6 Å². The van der Waals surface area contributed by atoms with E-state index in [0.29, 0.717) is 6.54 Å². The molecule has 0 unspecified atom stereocenters. The van der Waals surface area contributed by atoms with Crippen molar-refractivity contribution >= 4 is 5.69 Å². The normalized spacial score (nSPS) is 11.0. The van der Waals surface area contributed by atoms with E-state index in [-0.39, 0.29) is 0 Å². The van der Waals surface area contributed by atoms with E-state index in [1.807, 2.05) is 19.9 Å². The Hall–Kier alpha value is -2.01. The summed E-state index contributed by atoms with van der Waals surface area (Å²) >= 11 is 0. The van der Waals surface area contributed by atoms with E-state index < -0.39 is 0 Å². The third-order valence-electron chi connectivity index (χ3n) is 3.40. The summed E-state index contributed by atoms with van der Waals surface area (Å²) in [5, 5.41) is 7.39. The standard InChI is InChI=1S/C16H23N3O2/c1-11-14(12(2)21-18-11)9-17-15-8-13(10-19(3)4)6-7-16(15)20-5/h6-8,17H,9-10H2,1-5H3. The van der Waals surface area contributed by atoms with Crippen LogP contribution in [-0.2, 0) is 13.1 Å². The smallest absolute Gasteiger partial charge is 0.141 e. The van der Waals surface area contributed by atoms with Crippen LogP contribution < -0.4 is 10.1 Å². The molecule has 2 aromatic rings. The van der Waals surface area contributed by atoms with Gasteiger partial charge in [0.1, 0.15) is 11.5 Å². The molecule has 5 heteroatoms. The van der Waals surface area contributed by atoms with E-state index in [2.05, 4.69) is 41.6 Å². The molecule has 2 rings (SSSR count). The lowest BCUT2D eigenvalue weighted by Crippen LogP contribution is -2.11. The number of rotatable bonds is 6. The van der Waals surface area contributed by atoms with Gasteiger partial charge in [-0.25, -0.2) is 0 Å². The predicted octanol–water partition coefficient (Wildman–Crippen LogP) is 2.97. The number of aromatic nitrogens is 1. The molecule has 0 fully saturated rings. The lowest BCUT2D eigenvalue weighted by Gasteiger charge is -2.15. The second-order valence-corrected chi connectivity index (χ2v) is 5.43. The van der Waals surface area contributed by atoms with Crippen molar-refractivity contribution in [2.45, 2.75) is 26.9 Å². The van der Waals surface area contributed by atoms with Crippen LogP contribution in [0.15, 0.2) is 22.7 Å². The average molecular weight is 289 g/mol. The summed E-state index contributed by atoms with van der Waals surface area (Å²) in [6, 6.07) is 6.20. The van der Waals surface area contributed by atoms with Crippen LogP contribution in [-0.4, -0.2) is 31.3 Å². The first-order valence-corrected chi connectivity index (χ1v) is 6.98. The van der Waals surface area contributed by atoms with Gasteiger partial charge in [-0.05, 0) is 45.6 Å². The van der Waals surface area contributed by atoms with Gasteiger partial charge in [0.05, 0.1) is 18.5 Å². The fourth-order valence-electron chi connectivity index (χ4n) is 2.29. The highest BCUT2D eigenvalue weighted by Crippen LogP contribution is 2.27. The summed E-state index contributed by atoms with van der Waals surface area (Å²) in [6.45, 7) is 5.44. The average Bonchev–Trinajstić information content (AvgIpc) is 2.75. The molecule has 0 radical (unpaired) electrons. The van der Waals surface area contributed by atoms with E-state index in [0.717, 1.165) is 35.0 Å². The SMILES string of the molecule is COc1ccc(CN(C)C)cc1NCc1c(C)noc1C. The highest BCUT2D eigenvalue weighted by atomic mass is 16.5. The van der Waals surface area contributed by atoms with Crippen molar-refractivity contribution in [1.29, 1.82) is 0 Å². The summed E-state index contributed by atoms with van der Waals surface area (Å²) < 4.78 is 10.6. The Bertz CT molecular complexity index is 586. The zero-order valence-electron chi connectivity index (χ0n) is 13.4. The Morgan fingerprint density at radius 3 is 2.62 bits per heavy atom. The van der Waals surface area contributed by atoms with Crippen molar-refractivity contribution in [2.75, 3.05) is 26.5 Å². The maximum Gasteiger partial charge on any atom is 0.141 e. The molecule has 0 aliphatic carbocycles. The molecule has 0 amide bonds. The molecule has 1 aromatic carbocycles. The number of hydrogen-bond acceptors (Lipinski definition) is 5. The summed E-state index contributed by atoms with van der Waals surface area (Å²) in [4.78, 5) is 2.14. The van der Waals surface area contributed by atoms with Crippen molar-refractivity contribution in [3.63, 3.8) is 0 Å². The number of nitrogens with zero attached hydrogens (tertiary/aromatic N) is 2. The van der Waals surface area contributed by atoms with Gasteiger partial charge in [0.25, 0.3) is 0 Å². The second-order valence-electron chi connectivity index (χ2n) is 5.43. The number of hydrogen-bond donors (Lipinski definition) is 1. The number of methoxy groups -OCH3 is 1. The van der Waals surface area contributed by atoms with Crippen molar-refractivity contribution in [3.8, 4) is 5.75 Å². The summed E-state index contributed by atoms with van der Waals surface area (Å²) in [5.74, 6) is 1.69. The van der Waals surface area contributed by atoms with Crippen molar-refractivity contribution in [3.05, 3.63) is 40.8 Å². The first-order valence-electron chi connectivity index (χ1n) is 6.98. The highest BCUT2D eigenvalue weighted by molar-refractivity contribution is 5.58. The van der Waals surface area contributed by atoms with Crippen LogP contribution in [0.25, 0.3) is 0 Å². The number of ether oxygens (including phenoxy) is 1. The molecule has 0 saturated heterocycles. The largest absolute Gasteiger partial charge is 0.495 e. The molecular formula is C16H23N3O2. The van der Waals surface area contributed by atoms with Gasteiger partial charge in [0, 0.05) is 18.7 Å². The van der Waals surface area contributed by atoms with Crippen LogP contribution in [0.2, 0.25) is 0 Å². The Morgan fingerprint density at radius 2 is 2.05 bits per heavy atom. The molecule has 0 aliphatic heterocycles. The third-order valence-corrected chi connectivity index (χ3v) is 3.40. The Balaban J connectivity index is 2.17. The fourth-order valence-corrected chi connectivity index (χ4v) is 2.29. The van der Waals surface area contributed by atoms with E-state index >= 15 is 0 Å². The fraction of sp³-hybridized carbons (Fsp3) is 0.438. The molecule has 0 atom stereocenters. The maximum atomic E-state index is 5.42. The van der Waals surface area contributed by atoms with E-state index in [4.69, 9.17) is 9.26 Å². The molecule has 1 heterocycles. The molecule has 21 heavy (non-hydrogen) atoms. The minimum absolute atomic E-state index is 0.670. The van der Waals surface area contributed by atoms with Crippen LogP contribution in [0.4, 0.5) is 5.69 Å². The number of aryl methyl sites for hydroxylation is 2. The van der Waals surface area contributed by atoms with Gasteiger partial charge in [0.15, 0.2) is 0 Å². The van der Waals surface area contributed by atoms with Crippen LogP contribution in [0, 0.1) is 13.8 Å². The predicted molar refractivity (Wildman–Crippen MR) is 83.7 cm³/mol. The van der Waals surface area contributed by atoms with Crippen LogP contribution in [0.3, 0.4) is 0 Å². The lowest BCUT2D eigenvalue weighted by molar-refractivity contribution is 0.392. The van der Waals surface area contributed by atoms with Crippen LogP contribution >= 0.6 is 0 Å². The number of benzene rings is 1. The lowest BCUT2D eigenvalue weighted by atomic mass is 10.1. The first kappa shape index (κ1) is 15.4. The molecule has 1 N–H and O–H groups in total. The van der Waals surface area contributed by atoms with Crippen LogP contribution in [0.5, 0.6) is 5.75 Å². The van der Waals surface area contributed by atoms with Crippen molar-refractivity contribution < 1.29 is 9.26 Å². The minimum atomic E-state index is 0.670. The zero-order valence-corrected chi connectivity index (χ0v) is 13.4. The van der Waals surface area contributed by atoms with Gasteiger partial charge in [-0.2, -0.15) is 0 Å². The van der Waals surface area contributed by atoms with Gasteiger partial charge in [-0.15, -0.1) is 0 Å². The minimum Gasteiger partial charge on any atom is -0.495 e. The number of anilines is 1. The first-order chi connectivity index (χ1) is 10.0. The van der Waals surface area contributed by atoms with E-state index in [1.165, 1.54) is 5.56 Å². The van der Waals surface area contributed by atoms with Gasteiger partial charge in [-0.1, -0.05) is 11.2 Å². The zero-order chi connectivity index (χ0) is 15.4. The molecule has 0 spiro atoms. The Kier molecular flexibility index (Phi) is 4.85. The molecule has 5 nitrogen and oxygen atoms in total. The van der Waals surface area contributed by atoms with E-state index in [9.17, 15) is 0 Å². The third kappa shape index (κ3) is 3.76. The Labute approximate surface area is 125 Å². The number of nitrogens with one attached hydrogen (secondary N) is 1. The van der Waals surface area contributed by atoms with Crippen molar-refractivity contribution in [2.24, 2.45) is 0 Å². The molecule has 1 aromatic heterocycles. The highest BCUT2D eigenvalue weighted by Gasteiger charge is 2.10. The molecule has 0 bridgehead atoms. The molecule has 0 aliphatic rings.